The van der Waals surface area contributed by atoms with Crippen LogP contribution >= 0.6 is 0 Å². The van der Waals surface area contributed by atoms with Gasteiger partial charge in [0.15, 0.2) is 0 Å². The maximum Gasteiger partial charge on any atom is 0.250 e. The van der Waals surface area contributed by atoms with Crippen LogP contribution in [0, 0.1) is 11.8 Å². The Labute approximate surface area is 154 Å². The van der Waals surface area contributed by atoms with Crippen molar-refractivity contribution in [2.45, 2.75) is 6.54 Å². The van der Waals surface area contributed by atoms with Crippen molar-refractivity contribution in [2.24, 2.45) is 0 Å². The van der Waals surface area contributed by atoms with Gasteiger partial charge in [0.1, 0.15) is 0 Å². The molecule has 1 amide bonds. The molecule has 0 unspecified atom stereocenters. The Morgan fingerprint density at radius 2 is 1.46 bits per heavy atom. The molecule has 26 heavy (non-hydrogen) atoms. The molecule has 0 heterocycles. The molecule has 0 atom stereocenters. The topological polar surface area (TPSA) is 20.3 Å². The summed E-state index contributed by atoms with van der Waals surface area (Å²) in [6.45, 7) is 4.11. The average Bonchev–Trinajstić information content (AvgIpc) is 2.72. The van der Waals surface area contributed by atoms with Crippen LogP contribution in [0.5, 0.6) is 0 Å². The smallest absolute Gasteiger partial charge is 0.250 e. The van der Waals surface area contributed by atoms with E-state index in [-0.39, 0.29) is 5.91 Å². The lowest BCUT2D eigenvalue weighted by Crippen LogP contribution is -2.29. The minimum absolute atomic E-state index is 0.150. The molecule has 0 aliphatic rings. The molecule has 0 aromatic heterocycles. The molecule has 0 spiro atoms. The van der Waals surface area contributed by atoms with Crippen LogP contribution in [0.4, 0.5) is 5.69 Å². The van der Waals surface area contributed by atoms with E-state index >= 15 is 0 Å². The standard InChI is InChI=1S/C24H19NO/c1-2-24(26)25(19-21-13-7-4-8-14-21)23-16-10-9-15-22(23)18-17-20-11-5-3-6-12-20/h2-16H,1,19H2. The molecule has 0 radical (unpaired) electrons. The quantitative estimate of drug-likeness (QED) is 0.494. The highest BCUT2D eigenvalue weighted by Gasteiger charge is 2.16. The summed E-state index contributed by atoms with van der Waals surface area (Å²) in [7, 11) is 0. The fourth-order valence-electron chi connectivity index (χ4n) is 2.63. The minimum atomic E-state index is -0.150. The van der Waals surface area contributed by atoms with Gasteiger partial charge in [0, 0.05) is 11.1 Å². The maximum atomic E-state index is 12.5. The monoisotopic (exact) mass is 337 g/mol. The van der Waals surface area contributed by atoms with Gasteiger partial charge in [-0.3, -0.25) is 4.79 Å². The van der Waals surface area contributed by atoms with Crippen LogP contribution in [0.3, 0.4) is 0 Å². The molecule has 0 N–H and O–H groups in total. The first-order valence-corrected chi connectivity index (χ1v) is 8.42. The second-order valence-electron chi connectivity index (χ2n) is 5.75. The zero-order chi connectivity index (χ0) is 18.2. The SMILES string of the molecule is C=CC(=O)N(Cc1ccccc1)c1ccccc1C#Cc1ccccc1. The molecule has 3 aromatic rings. The lowest BCUT2D eigenvalue weighted by Gasteiger charge is -2.23. The number of para-hydroxylation sites is 1. The van der Waals surface area contributed by atoms with Gasteiger partial charge in [-0.15, -0.1) is 0 Å². The third-order valence-electron chi connectivity index (χ3n) is 3.93. The number of amides is 1. The molecule has 0 aliphatic heterocycles. The Balaban J connectivity index is 1.98. The van der Waals surface area contributed by atoms with Crippen LogP contribution in [0.15, 0.2) is 97.6 Å². The van der Waals surface area contributed by atoms with E-state index in [2.05, 4.69) is 18.4 Å². The van der Waals surface area contributed by atoms with Crippen molar-refractivity contribution < 1.29 is 4.79 Å². The van der Waals surface area contributed by atoms with Gasteiger partial charge >= 0.3 is 0 Å². The molecule has 3 rings (SSSR count). The number of carbonyl (C=O) groups excluding carboxylic acids is 1. The molecule has 0 saturated heterocycles. The van der Waals surface area contributed by atoms with E-state index in [9.17, 15) is 4.79 Å². The lowest BCUT2D eigenvalue weighted by atomic mass is 10.1. The highest BCUT2D eigenvalue weighted by Crippen LogP contribution is 2.22. The molecule has 2 heteroatoms. The highest BCUT2D eigenvalue weighted by molar-refractivity contribution is 6.01. The van der Waals surface area contributed by atoms with Crippen molar-refractivity contribution in [3.8, 4) is 11.8 Å². The van der Waals surface area contributed by atoms with E-state index in [0.29, 0.717) is 6.54 Å². The molecule has 0 saturated carbocycles. The molecule has 0 bridgehead atoms. The van der Waals surface area contributed by atoms with Crippen LogP contribution < -0.4 is 4.90 Å². The second kappa shape index (κ2) is 8.50. The van der Waals surface area contributed by atoms with Crippen LogP contribution in [-0.4, -0.2) is 5.91 Å². The predicted molar refractivity (Wildman–Crippen MR) is 107 cm³/mol. The summed E-state index contributed by atoms with van der Waals surface area (Å²) in [5.74, 6) is 6.21. The number of anilines is 1. The van der Waals surface area contributed by atoms with E-state index in [1.807, 2.05) is 84.9 Å². The van der Waals surface area contributed by atoms with Gasteiger partial charge < -0.3 is 4.90 Å². The van der Waals surface area contributed by atoms with Crippen molar-refractivity contribution in [1.29, 1.82) is 0 Å². The first-order valence-electron chi connectivity index (χ1n) is 8.42. The fourth-order valence-corrected chi connectivity index (χ4v) is 2.63. The van der Waals surface area contributed by atoms with Crippen molar-refractivity contribution in [3.63, 3.8) is 0 Å². The van der Waals surface area contributed by atoms with Gasteiger partial charge in [-0.25, -0.2) is 0 Å². The summed E-state index contributed by atoms with van der Waals surface area (Å²) in [5.41, 5.74) is 3.58. The molecule has 0 aliphatic carbocycles. The summed E-state index contributed by atoms with van der Waals surface area (Å²) in [4.78, 5) is 14.2. The van der Waals surface area contributed by atoms with Crippen molar-refractivity contribution >= 4 is 11.6 Å². The third-order valence-corrected chi connectivity index (χ3v) is 3.93. The number of benzene rings is 3. The molecule has 2 nitrogen and oxygen atoms in total. The van der Waals surface area contributed by atoms with Gasteiger partial charge in [-0.05, 0) is 35.9 Å². The van der Waals surface area contributed by atoms with E-state index < -0.39 is 0 Å². The van der Waals surface area contributed by atoms with Crippen LogP contribution in [0.1, 0.15) is 16.7 Å². The predicted octanol–water partition coefficient (Wildman–Crippen LogP) is 4.81. The molecule has 0 fully saturated rings. The Kier molecular flexibility index (Phi) is 5.65. The number of rotatable bonds is 4. The van der Waals surface area contributed by atoms with E-state index in [0.717, 1.165) is 22.4 Å². The number of hydrogen-bond acceptors (Lipinski definition) is 1. The normalized spacial score (nSPS) is 9.69. The van der Waals surface area contributed by atoms with Crippen LogP contribution in [0.25, 0.3) is 0 Å². The van der Waals surface area contributed by atoms with Crippen LogP contribution in [-0.2, 0) is 11.3 Å². The largest absolute Gasteiger partial charge is 0.303 e. The van der Waals surface area contributed by atoms with E-state index in [4.69, 9.17) is 0 Å². The Bertz CT molecular complexity index is 950. The second-order valence-corrected chi connectivity index (χ2v) is 5.75. The average molecular weight is 337 g/mol. The van der Waals surface area contributed by atoms with Crippen molar-refractivity contribution in [3.05, 3.63) is 114 Å². The molecule has 3 aromatic carbocycles. The summed E-state index contributed by atoms with van der Waals surface area (Å²) in [5, 5.41) is 0. The summed E-state index contributed by atoms with van der Waals surface area (Å²) in [6, 6.07) is 27.4. The zero-order valence-electron chi connectivity index (χ0n) is 14.4. The van der Waals surface area contributed by atoms with Gasteiger partial charge in [-0.1, -0.05) is 79.1 Å². The van der Waals surface area contributed by atoms with Gasteiger partial charge in [0.25, 0.3) is 5.91 Å². The summed E-state index contributed by atoms with van der Waals surface area (Å²) in [6.07, 6.45) is 1.34. The van der Waals surface area contributed by atoms with Crippen LogP contribution in [0.2, 0.25) is 0 Å². The van der Waals surface area contributed by atoms with Crippen molar-refractivity contribution in [2.75, 3.05) is 4.90 Å². The minimum Gasteiger partial charge on any atom is -0.303 e. The van der Waals surface area contributed by atoms with Gasteiger partial charge in [0.2, 0.25) is 0 Å². The summed E-state index contributed by atoms with van der Waals surface area (Å²) < 4.78 is 0. The van der Waals surface area contributed by atoms with Gasteiger partial charge in [-0.2, -0.15) is 0 Å². The Morgan fingerprint density at radius 1 is 0.846 bits per heavy atom. The summed E-state index contributed by atoms with van der Waals surface area (Å²) >= 11 is 0. The first-order chi connectivity index (χ1) is 12.8. The maximum absolute atomic E-state index is 12.5. The molecular formula is C24H19NO. The van der Waals surface area contributed by atoms with E-state index in [1.165, 1.54) is 6.08 Å². The number of hydrogen-bond donors (Lipinski definition) is 0. The van der Waals surface area contributed by atoms with E-state index in [1.54, 1.807) is 4.90 Å². The number of nitrogens with zero attached hydrogens (tertiary/aromatic N) is 1. The fraction of sp³-hybridized carbons (Fsp3) is 0.0417. The highest BCUT2D eigenvalue weighted by atomic mass is 16.2. The molecular weight excluding hydrogens is 318 g/mol. The third kappa shape index (κ3) is 4.28. The Morgan fingerprint density at radius 3 is 2.15 bits per heavy atom. The zero-order valence-corrected chi connectivity index (χ0v) is 14.4. The number of carbonyl (C=O) groups is 1. The first kappa shape index (κ1) is 17.3. The van der Waals surface area contributed by atoms with Gasteiger partial charge in [0.05, 0.1) is 12.2 Å². The molecule has 126 valence electrons. The van der Waals surface area contributed by atoms with Crippen molar-refractivity contribution in [1.82, 2.24) is 0 Å². The Hall–Kier alpha value is -3.57. The lowest BCUT2D eigenvalue weighted by molar-refractivity contribution is -0.114.